The average Bonchev–Trinajstić information content (AvgIpc) is 3.23. The van der Waals surface area contributed by atoms with E-state index in [9.17, 15) is 4.79 Å². The third-order valence-corrected chi connectivity index (χ3v) is 4.82. The Hall–Kier alpha value is -2.41. The zero-order valence-corrected chi connectivity index (χ0v) is 14.3. The van der Waals surface area contributed by atoms with Crippen molar-refractivity contribution >= 4 is 11.6 Å². The minimum Gasteiger partial charge on any atom is -0.492 e. The molecule has 2 aliphatic heterocycles. The Morgan fingerprint density at radius 1 is 1.40 bits per heavy atom. The van der Waals surface area contributed by atoms with E-state index in [1.165, 1.54) is 0 Å². The molecule has 3 heterocycles. The van der Waals surface area contributed by atoms with Gasteiger partial charge in [-0.3, -0.25) is 9.69 Å². The number of amides is 1. The van der Waals surface area contributed by atoms with Gasteiger partial charge >= 0.3 is 0 Å². The first-order chi connectivity index (χ1) is 12.2. The Bertz CT molecular complexity index is 773. The van der Waals surface area contributed by atoms with E-state index >= 15 is 0 Å². The molecule has 0 spiro atoms. The topological polar surface area (TPSA) is 80.5 Å². The van der Waals surface area contributed by atoms with Crippen molar-refractivity contribution in [2.75, 3.05) is 25.0 Å². The second kappa shape index (κ2) is 6.84. The maximum atomic E-state index is 11.4. The van der Waals surface area contributed by atoms with Crippen molar-refractivity contribution in [3.05, 3.63) is 35.5 Å². The highest BCUT2D eigenvalue weighted by Crippen LogP contribution is 2.30. The number of fused-ring (bicyclic) bond motifs is 1. The molecule has 7 heteroatoms. The van der Waals surface area contributed by atoms with Crippen LogP contribution >= 0.6 is 0 Å². The van der Waals surface area contributed by atoms with Gasteiger partial charge in [0, 0.05) is 25.6 Å². The minimum atomic E-state index is 0.0814. The molecule has 0 radical (unpaired) electrons. The molecule has 0 bridgehead atoms. The lowest BCUT2D eigenvalue weighted by molar-refractivity contribution is -0.116. The fourth-order valence-corrected chi connectivity index (χ4v) is 3.57. The largest absolute Gasteiger partial charge is 0.492 e. The molecule has 1 aromatic heterocycles. The van der Waals surface area contributed by atoms with Crippen molar-refractivity contribution < 1.29 is 14.1 Å². The Balaban J connectivity index is 1.34. The molecule has 132 valence electrons. The summed E-state index contributed by atoms with van der Waals surface area (Å²) in [5, 5.41) is 6.95. The molecule has 25 heavy (non-hydrogen) atoms. The van der Waals surface area contributed by atoms with Crippen LogP contribution in [0.2, 0.25) is 0 Å². The molecule has 1 amide bonds. The second-order valence-electron chi connectivity index (χ2n) is 6.58. The molecule has 1 unspecified atom stereocenters. The summed E-state index contributed by atoms with van der Waals surface area (Å²) in [5.74, 6) is 2.32. The van der Waals surface area contributed by atoms with Crippen molar-refractivity contribution in [1.29, 1.82) is 0 Å². The molecule has 7 nitrogen and oxygen atoms in total. The summed E-state index contributed by atoms with van der Waals surface area (Å²) in [6.07, 6.45) is 3.49. The van der Waals surface area contributed by atoms with Crippen molar-refractivity contribution in [3.63, 3.8) is 0 Å². The lowest BCUT2D eigenvalue weighted by atomic mass is 10.0. The third-order valence-electron chi connectivity index (χ3n) is 4.82. The average molecular weight is 342 g/mol. The Morgan fingerprint density at radius 2 is 2.32 bits per heavy atom. The van der Waals surface area contributed by atoms with E-state index in [-0.39, 0.29) is 11.9 Å². The molecule has 1 atom stereocenters. The summed E-state index contributed by atoms with van der Waals surface area (Å²) in [4.78, 5) is 18.1. The summed E-state index contributed by atoms with van der Waals surface area (Å²) < 4.78 is 11.0. The highest BCUT2D eigenvalue weighted by molar-refractivity contribution is 5.93. The van der Waals surface area contributed by atoms with Gasteiger partial charge in [0.25, 0.3) is 0 Å². The zero-order chi connectivity index (χ0) is 17.2. The minimum absolute atomic E-state index is 0.0814. The number of benzene rings is 1. The van der Waals surface area contributed by atoms with Gasteiger partial charge in [-0.2, -0.15) is 4.98 Å². The molecule has 2 aromatic rings. The lowest BCUT2D eigenvalue weighted by Crippen LogP contribution is -2.28. The first-order valence-corrected chi connectivity index (χ1v) is 8.79. The number of anilines is 1. The number of carbonyl (C=O) groups is 1. The van der Waals surface area contributed by atoms with Gasteiger partial charge in [-0.15, -0.1) is 0 Å². The standard InChI is InChI=1S/C18H22N4O3/c1-12-19-18(21-25-12)16-3-2-8-22(16)9-10-24-14-5-6-15-13(11-14)4-7-17(23)20-15/h5-6,11,16H,2-4,7-10H2,1H3,(H,20,23). The number of hydrogen-bond acceptors (Lipinski definition) is 6. The molecule has 1 fully saturated rings. The van der Waals surface area contributed by atoms with Gasteiger partial charge in [0.15, 0.2) is 5.82 Å². The van der Waals surface area contributed by atoms with Gasteiger partial charge in [-0.05, 0) is 49.6 Å². The maximum absolute atomic E-state index is 11.4. The van der Waals surface area contributed by atoms with Crippen LogP contribution in [0.3, 0.4) is 0 Å². The number of hydrogen-bond donors (Lipinski definition) is 1. The van der Waals surface area contributed by atoms with Gasteiger partial charge in [-0.25, -0.2) is 0 Å². The number of nitrogens with zero attached hydrogens (tertiary/aromatic N) is 3. The molecule has 4 rings (SSSR count). The normalized spacial score (nSPS) is 20.4. The summed E-state index contributed by atoms with van der Waals surface area (Å²) in [6.45, 7) is 4.28. The van der Waals surface area contributed by atoms with Crippen molar-refractivity contribution in [3.8, 4) is 5.75 Å². The summed E-state index contributed by atoms with van der Waals surface area (Å²) in [5.41, 5.74) is 2.04. The summed E-state index contributed by atoms with van der Waals surface area (Å²) in [7, 11) is 0. The molecule has 2 aliphatic rings. The smallest absolute Gasteiger partial charge is 0.224 e. The number of likely N-dealkylation sites (tertiary alicyclic amines) is 1. The third kappa shape index (κ3) is 3.51. The van der Waals surface area contributed by atoms with Crippen molar-refractivity contribution in [2.24, 2.45) is 0 Å². The van der Waals surface area contributed by atoms with Crippen molar-refractivity contribution in [2.45, 2.75) is 38.6 Å². The van der Waals surface area contributed by atoms with E-state index in [1.54, 1.807) is 0 Å². The van der Waals surface area contributed by atoms with Crippen molar-refractivity contribution in [1.82, 2.24) is 15.0 Å². The fourth-order valence-electron chi connectivity index (χ4n) is 3.57. The van der Waals surface area contributed by atoms with Crippen LogP contribution in [-0.4, -0.2) is 40.6 Å². The molecule has 0 saturated carbocycles. The SMILES string of the molecule is Cc1nc(C2CCCN2CCOc2ccc3c(c2)CCC(=O)N3)no1. The van der Waals surface area contributed by atoms with Crippen LogP contribution in [0.25, 0.3) is 0 Å². The predicted molar refractivity (Wildman–Crippen MR) is 91.5 cm³/mol. The fraction of sp³-hybridized carbons (Fsp3) is 0.500. The molecular weight excluding hydrogens is 320 g/mol. The maximum Gasteiger partial charge on any atom is 0.224 e. The van der Waals surface area contributed by atoms with Crippen LogP contribution in [0, 0.1) is 6.92 Å². The first-order valence-electron chi connectivity index (χ1n) is 8.79. The van der Waals surface area contributed by atoms with E-state index in [4.69, 9.17) is 9.26 Å². The number of aromatic nitrogens is 2. The van der Waals surface area contributed by atoms with E-state index < -0.39 is 0 Å². The lowest BCUT2D eigenvalue weighted by Gasteiger charge is -2.22. The quantitative estimate of drug-likeness (QED) is 0.899. The number of ether oxygens (including phenoxy) is 1. The highest BCUT2D eigenvalue weighted by atomic mass is 16.5. The molecule has 1 saturated heterocycles. The van der Waals surface area contributed by atoms with E-state index in [2.05, 4.69) is 20.4 Å². The monoisotopic (exact) mass is 342 g/mol. The Morgan fingerprint density at radius 3 is 3.16 bits per heavy atom. The second-order valence-corrected chi connectivity index (χ2v) is 6.58. The van der Waals surface area contributed by atoms with Crippen LogP contribution < -0.4 is 10.1 Å². The highest BCUT2D eigenvalue weighted by Gasteiger charge is 2.29. The van der Waals surface area contributed by atoms with Gasteiger partial charge in [0.05, 0.1) is 6.04 Å². The summed E-state index contributed by atoms with van der Waals surface area (Å²) >= 11 is 0. The van der Waals surface area contributed by atoms with Gasteiger partial charge in [0.2, 0.25) is 11.8 Å². The molecule has 1 N–H and O–H groups in total. The predicted octanol–water partition coefficient (Wildman–Crippen LogP) is 2.48. The van der Waals surface area contributed by atoms with Gasteiger partial charge < -0.3 is 14.6 Å². The number of carbonyl (C=O) groups excluding carboxylic acids is 1. The van der Waals surface area contributed by atoms with Crippen LogP contribution in [-0.2, 0) is 11.2 Å². The van der Waals surface area contributed by atoms with Crippen LogP contribution in [0.1, 0.15) is 42.6 Å². The van der Waals surface area contributed by atoms with Gasteiger partial charge in [0.1, 0.15) is 12.4 Å². The van der Waals surface area contributed by atoms with E-state index in [0.29, 0.717) is 18.9 Å². The molecular formula is C18H22N4O3. The number of rotatable bonds is 5. The number of aryl methyl sites for hydroxylation is 2. The van der Waals surface area contributed by atoms with E-state index in [0.717, 1.165) is 55.2 Å². The van der Waals surface area contributed by atoms with Crippen LogP contribution in [0.5, 0.6) is 5.75 Å². The van der Waals surface area contributed by atoms with Crippen LogP contribution in [0.15, 0.2) is 22.7 Å². The first kappa shape index (κ1) is 16.1. The van der Waals surface area contributed by atoms with Crippen LogP contribution in [0.4, 0.5) is 5.69 Å². The Kier molecular flexibility index (Phi) is 4.40. The number of nitrogens with one attached hydrogen (secondary N) is 1. The molecule has 0 aliphatic carbocycles. The van der Waals surface area contributed by atoms with Gasteiger partial charge in [-0.1, -0.05) is 5.16 Å². The summed E-state index contributed by atoms with van der Waals surface area (Å²) in [6, 6.07) is 6.08. The zero-order valence-electron chi connectivity index (χ0n) is 14.3. The van der Waals surface area contributed by atoms with E-state index in [1.807, 2.05) is 25.1 Å². The Labute approximate surface area is 146 Å². The molecule has 1 aromatic carbocycles.